The van der Waals surface area contributed by atoms with Gasteiger partial charge in [0.25, 0.3) is 5.56 Å². The number of carbonyl (C=O) groups is 1. The number of likely N-dealkylation sites (N-methyl/N-ethyl adjacent to an activating group) is 1. The molecule has 8 nitrogen and oxygen atoms in total. The Bertz CT molecular complexity index is 1440. The predicted molar refractivity (Wildman–Crippen MR) is 137 cm³/mol. The van der Waals surface area contributed by atoms with Gasteiger partial charge in [-0.15, -0.1) is 0 Å². The molecule has 3 aromatic rings. The fourth-order valence-electron chi connectivity index (χ4n) is 3.73. The summed E-state index contributed by atoms with van der Waals surface area (Å²) < 4.78 is 36.2. The van der Waals surface area contributed by atoms with Gasteiger partial charge in [-0.3, -0.25) is 24.1 Å². The lowest BCUT2D eigenvalue weighted by molar-refractivity contribution is -0.114. The number of aromatic nitrogens is 1. The van der Waals surface area contributed by atoms with Crippen LogP contribution in [0.5, 0.6) is 5.75 Å². The largest absolute Gasteiger partial charge is 0.495 e. The molecule has 2 aromatic carbocycles. The molecule has 0 atom stereocenters. The number of benzene rings is 2. The maximum absolute atomic E-state index is 15.3. The van der Waals surface area contributed by atoms with Crippen molar-refractivity contribution in [1.29, 1.82) is 0 Å². The molecule has 0 unspecified atom stereocenters. The van der Waals surface area contributed by atoms with E-state index in [-0.39, 0.29) is 39.9 Å². The van der Waals surface area contributed by atoms with E-state index < -0.39 is 23.8 Å². The molecule has 0 fully saturated rings. The van der Waals surface area contributed by atoms with E-state index in [1.54, 1.807) is 13.8 Å². The van der Waals surface area contributed by atoms with E-state index in [1.165, 1.54) is 37.4 Å². The number of fused-ring (bicyclic) bond motifs is 1. The number of hydrogen-bond donors (Lipinski definition) is 1. The first-order chi connectivity index (χ1) is 17.1. The van der Waals surface area contributed by atoms with E-state index >= 15 is 4.39 Å². The van der Waals surface area contributed by atoms with Gasteiger partial charge < -0.3 is 9.84 Å². The van der Waals surface area contributed by atoms with Gasteiger partial charge in [0.1, 0.15) is 34.7 Å². The Hall–Kier alpha value is -3.76. The third-order valence-electron chi connectivity index (χ3n) is 5.59. The Morgan fingerprint density at radius 2 is 1.97 bits per heavy atom. The summed E-state index contributed by atoms with van der Waals surface area (Å²) in [5.41, 5.74) is -0.0220. The highest BCUT2D eigenvalue weighted by Crippen LogP contribution is 2.34. The Morgan fingerprint density at radius 3 is 2.53 bits per heavy atom. The molecule has 0 radical (unpaired) electrons. The maximum atomic E-state index is 15.3. The van der Waals surface area contributed by atoms with Crippen LogP contribution in [0.2, 0.25) is 5.02 Å². The Balaban J connectivity index is 2.31. The van der Waals surface area contributed by atoms with Crippen molar-refractivity contribution >= 4 is 45.9 Å². The molecule has 36 heavy (non-hydrogen) atoms. The normalized spacial score (nSPS) is 11.5. The zero-order valence-corrected chi connectivity index (χ0v) is 20.9. The highest BCUT2D eigenvalue weighted by molar-refractivity contribution is 6.34. The number of ether oxygens (including phenoxy) is 1. The summed E-state index contributed by atoms with van der Waals surface area (Å²) in [4.78, 5) is 25.8. The SMILES string of the molecule is C=C(C)c1cn(-c2c(F)ccc(OC)c2Cl)c(=O)c2cc(F)c(N(C)/N=C(/CO)N(C=O)CC)cc12. The zero-order valence-electron chi connectivity index (χ0n) is 20.2. The van der Waals surface area contributed by atoms with Crippen LogP contribution in [0.25, 0.3) is 22.0 Å². The van der Waals surface area contributed by atoms with Crippen LogP contribution < -0.4 is 15.3 Å². The van der Waals surface area contributed by atoms with Gasteiger partial charge in [-0.25, -0.2) is 8.78 Å². The minimum Gasteiger partial charge on any atom is -0.495 e. The number of aliphatic hydroxyl groups is 1. The summed E-state index contributed by atoms with van der Waals surface area (Å²) in [6, 6.07) is 4.87. The minimum atomic E-state index is -0.806. The van der Waals surface area contributed by atoms with Crippen LogP contribution in [0.3, 0.4) is 0 Å². The van der Waals surface area contributed by atoms with E-state index in [0.29, 0.717) is 22.9 Å². The standard InChI is InChI=1S/C25H25ClF2N4O4/c1-6-31(13-34)22(12-33)29-30(4)20-10-15-16(9-19(20)28)25(35)32(11-17(15)14(2)3)24-18(27)7-8-21(36-5)23(24)26/h7-11,13,33H,2,6,12H2,1,3-5H3/b29-22-. The van der Waals surface area contributed by atoms with Gasteiger partial charge >= 0.3 is 0 Å². The van der Waals surface area contributed by atoms with E-state index in [4.69, 9.17) is 16.3 Å². The molecule has 0 bridgehead atoms. The fourth-order valence-corrected chi connectivity index (χ4v) is 4.05. The topological polar surface area (TPSA) is 87.4 Å². The van der Waals surface area contributed by atoms with Crippen LogP contribution in [0.4, 0.5) is 14.5 Å². The van der Waals surface area contributed by atoms with Crippen LogP contribution >= 0.6 is 11.6 Å². The van der Waals surface area contributed by atoms with Gasteiger partial charge in [-0.05, 0) is 49.1 Å². The summed E-state index contributed by atoms with van der Waals surface area (Å²) in [7, 11) is 2.80. The molecule has 11 heteroatoms. The number of allylic oxidation sites excluding steroid dienone is 1. The Kier molecular flexibility index (Phi) is 8.11. The highest BCUT2D eigenvalue weighted by Gasteiger charge is 2.21. The molecule has 0 saturated carbocycles. The second-order valence-corrected chi connectivity index (χ2v) is 8.23. The van der Waals surface area contributed by atoms with Crippen molar-refractivity contribution in [3.63, 3.8) is 0 Å². The molecule has 1 N–H and O–H groups in total. The van der Waals surface area contributed by atoms with Crippen molar-refractivity contribution in [3.8, 4) is 11.4 Å². The van der Waals surface area contributed by atoms with Crippen molar-refractivity contribution in [2.24, 2.45) is 5.10 Å². The summed E-state index contributed by atoms with van der Waals surface area (Å²) in [5, 5.41) is 15.1. The number of pyridine rings is 1. The number of amidine groups is 1. The summed E-state index contributed by atoms with van der Waals surface area (Å²) in [6.07, 6.45) is 1.89. The summed E-state index contributed by atoms with van der Waals surface area (Å²) >= 11 is 6.32. The van der Waals surface area contributed by atoms with Crippen molar-refractivity contribution < 1.29 is 23.4 Å². The molecule has 0 saturated heterocycles. The van der Waals surface area contributed by atoms with Gasteiger partial charge in [0.15, 0.2) is 5.84 Å². The lowest BCUT2D eigenvalue weighted by Gasteiger charge is -2.21. The molecule has 0 spiro atoms. The predicted octanol–water partition coefficient (Wildman–Crippen LogP) is 4.18. The first-order valence-corrected chi connectivity index (χ1v) is 11.2. The Labute approximate surface area is 211 Å². The number of halogens is 3. The highest BCUT2D eigenvalue weighted by atomic mass is 35.5. The van der Waals surface area contributed by atoms with Crippen molar-refractivity contribution in [3.05, 3.63) is 69.6 Å². The average molecular weight is 519 g/mol. The first kappa shape index (κ1) is 26.8. The van der Waals surface area contributed by atoms with Crippen LogP contribution in [-0.4, -0.2) is 54.1 Å². The third kappa shape index (κ3) is 4.82. The minimum absolute atomic E-state index is 0.00758. The molecular weight excluding hydrogens is 494 g/mol. The average Bonchev–Trinajstić information content (AvgIpc) is 2.85. The first-order valence-electron chi connectivity index (χ1n) is 10.8. The molecule has 1 aromatic heterocycles. The molecule has 1 amide bonds. The maximum Gasteiger partial charge on any atom is 0.263 e. The quantitative estimate of drug-likeness (QED) is 0.209. The van der Waals surface area contributed by atoms with Crippen molar-refractivity contribution in [2.75, 3.05) is 32.3 Å². The molecular formula is C25H25ClF2N4O4. The van der Waals surface area contributed by atoms with Gasteiger partial charge in [0, 0.05) is 25.4 Å². The van der Waals surface area contributed by atoms with Crippen LogP contribution in [0, 0.1) is 11.6 Å². The molecule has 3 rings (SSSR count). The summed E-state index contributed by atoms with van der Waals surface area (Å²) in [5.74, 6) is -1.41. The number of aliphatic hydroxyl groups excluding tert-OH is 1. The summed E-state index contributed by atoms with van der Waals surface area (Å²) in [6.45, 7) is 7.01. The molecule has 0 aliphatic rings. The molecule has 1 heterocycles. The lowest BCUT2D eigenvalue weighted by atomic mass is 10.0. The van der Waals surface area contributed by atoms with Crippen LogP contribution in [-0.2, 0) is 4.79 Å². The van der Waals surface area contributed by atoms with Gasteiger partial charge in [-0.2, -0.15) is 5.10 Å². The van der Waals surface area contributed by atoms with Gasteiger partial charge in [-0.1, -0.05) is 18.2 Å². The number of nitrogens with zero attached hydrogens (tertiary/aromatic N) is 4. The van der Waals surface area contributed by atoms with E-state index in [2.05, 4.69) is 11.7 Å². The molecule has 190 valence electrons. The van der Waals surface area contributed by atoms with Crippen molar-refractivity contribution in [2.45, 2.75) is 13.8 Å². The monoisotopic (exact) mass is 518 g/mol. The molecule has 0 aliphatic heterocycles. The third-order valence-corrected chi connectivity index (χ3v) is 5.96. The van der Waals surface area contributed by atoms with E-state index in [1.807, 2.05) is 0 Å². The lowest BCUT2D eigenvalue weighted by Crippen LogP contribution is -2.34. The van der Waals surface area contributed by atoms with Crippen LogP contribution in [0.15, 0.2) is 46.9 Å². The number of carbonyl (C=O) groups excluding carboxylic acids is 1. The second kappa shape index (κ2) is 10.9. The van der Waals surface area contributed by atoms with E-state index in [9.17, 15) is 19.1 Å². The second-order valence-electron chi connectivity index (χ2n) is 7.85. The van der Waals surface area contributed by atoms with Crippen molar-refractivity contribution in [1.82, 2.24) is 9.47 Å². The van der Waals surface area contributed by atoms with Gasteiger partial charge in [0.2, 0.25) is 6.41 Å². The van der Waals surface area contributed by atoms with Crippen LogP contribution in [0.1, 0.15) is 19.4 Å². The number of anilines is 1. The number of amides is 1. The number of hydrazone groups is 1. The number of hydrogen-bond acceptors (Lipinski definition) is 6. The van der Waals surface area contributed by atoms with Gasteiger partial charge in [0.05, 0.1) is 18.2 Å². The molecule has 0 aliphatic carbocycles. The fraction of sp³-hybridized carbons (Fsp3) is 0.240. The zero-order chi connectivity index (χ0) is 26.7. The smallest absolute Gasteiger partial charge is 0.263 e. The number of rotatable bonds is 8. The van der Waals surface area contributed by atoms with E-state index in [0.717, 1.165) is 21.7 Å². The Morgan fingerprint density at radius 1 is 1.28 bits per heavy atom. The number of methoxy groups -OCH3 is 1.